The van der Waals surface area contributed by atoms with Crippen LogP contribution in [0.3, 0.4) is 0 Å². The van der Waals surface area contributed by atoms with Gasteiger partial charge < -0.3 is 0 Å². The third kappa shape index (κ3) is 2.34. The van der Waals surface area contributed by atoms with Gasteiger partial charge in [0.05, 0.1) is 15.7 Å². The summed E-state index contributed by atoms with van der Waals surface area (Å²) in [4.78, 5) is 0.0928. The number of sulfone groups is 1. The highest BCUT2D eigenvalue weighted by molar-refractivity contribution is 8.07. The van der Waals surface area contributed by atoms with Crippen molar-refractivity contribution in [3.63, 3.8) is 0 Å². The zero-order valence-electron chi connectivity index (χ0n) is 7.38. The van der Waals surface area contributed by atoms with Crippen LogP contribution in [0, 0.1) is 0 Å². The fraction of sp³-hybridized carbons (Fsp3) is 0.250. The van der Waals surface area contributed by atoms with Gasteiger partial charge in [-0.2, -0.15) is 0 Å². The van der Waals surface area contributed by atoms with Crippen molar-refractivity contribution in [2.75, 3.05) is 6.26 Å². The van der Waals surface area contributed by atoms with Gasteiger partial charge in [-0.05, 0) is 12.1 Å². The molecule has 0 aromatic heterocycles. The third-order valence-electron chi connectivity index (χ3n) is 1.58. The molecule has 1 rings (SSSR count). The van der Waals surface area contributed by atoms with Gasteiger partial charge in [-0.25, -0.2) is 8.42 Å². The second-order valence-corrected chi connectivity index (χ2v) is 7.38. The molecule has 0 saturated heterocycles. The lowest BCUT2D eigenvalue weighted by atomic mass is 10.4. The third-order valence-corrected chi connectivity index (χ3v) is 6.55. The molecule has 0 fully saturated rings. The van der Waals surface area contributed by atoms with Crippen LogP contribution in [0.1, 0.15) is 0 Å². The monoisotopic (exact) mass is 252 g/mol. The van der Waals surface area contributed by atoms with Crippen LogP contribution in [-0.2, 0) is 20.6 Å². The fourth-order valence-electron chi connectivity index (χ4n) is 0.896. The second-order valence-electron chi connectivity index (χ2n) is 2.63. The van der Waals surface area contributed by atoms with Gasteiger partial charge in [-0.3, -0.25) is 4.21 Å². The molecule has 0 saturated carbocycles. The first-order chi connectivity index (χ1) is 6.46. The molecule has 0 bridgehead atoms. The lowest BCUT2D eigenvalue weighted by Crippen LogP contribution is -2.19. The van der Waals surface area contributed by atoms with E-state index in [9.17, 15) is 12.6 Å². The van der Waals surface area contributed by atoms with Crippen LogP contribution in [0.2, 0.25) is 0 Å². The van der Waals surface area contributed by atoms with Gasteiger partial charge >= 0.3 is 0 Å². The summed E-state index contributed by atoms with van der Waals surface area (Å²) in [6, 6.07) is 7.74. The Bertz CT molecular complexity index is 427. The molecule has 6 heteroatoms. The van der Waals surface area contributed by atoms with Gasteiger partial charge in [0.15, 0.2) is 0 Å². The molecule has 3 nitrogen and oxygen atoms in total. The van der Waals surface area contributed by atoms with E-state index in [0.717, 1.165) is 0 Å². The highest BCUT2D eigenvalue weighted by Crippen LogP contribution is 2.20. The van der Waals surface area contributed by atoms with Gasteiger partial charge in [0, 0.05) is 6.26 Å². The van der Waals surface area contributed by atoms with E-state index in [4.69, 9.17) is 11.6 Å². The van der Waals surface area contributed by atoms with Crippen LogP contribution in [0.25, 0.3) is 0 Å². The molecule has 1 aromatic carbocycles. The van der Waals surface area contributed by atoms with E-state index in [1.165, 1.54) is 18.4 Å². The minimum Gasteiger partial charge on any atom is -0.257 e. The lowest BCUT2D eigenvalue weighted by molar-refractivity contribution is 0.598. The largest absolute Gasteiger partial charge is 0.257 e. The Kier molecular flexibility index (Phi) is 3.69. The van der Waals surface area contributed by atoms with Crippen LogP contribution in [0.5, 0.6) is 0 Å². The standard InChI is InChI=1S/C8H9ClO3S2/c1-13(10)8(9)14(11,12)7-5-3-2-4-6-7/h2-6,8H,1H3. The normalized spacial score (nSPS) is 16.1. The van der Waals surface area contributed by atoms with Crippen LogP contribution in [0.15, 0.2) is 35.2 Å². The molecular weight excluding hydrogens is 244 g/mol. The van der Waals surface area contributed by atoms with E-state index in [2.05, 4.69) is 0 Å². The molecule has 0 amide bonds. The van der Waals surface area contributed by atoms with Gasteiger partial charge in [-0.1, -0.05) is 29.8 Å². The molecule has 2 unspecified atom stereocenters. The minimum absolute atomic E-state index is 0.0928. The summed E-state index contributed by atoms with van der Waals surface area (Å²) < 4.78 is 32.9. The lowest BCUT2D eigenvalue weighted by Gasteiger charge is -2.07. The summed E-state index contributed by atoms with van der Waals surface area (Å²) in [5, 5.41) is 0. The van der Waals surface area contributed by atoms with Crippen molar-refractivity contribution in [3.8, 4) is 0 Å². The average molecular weight is 253 g/mol. The Labute approximate surface area is 90.5 Å². The van der Waals surface area contributed by atoms with E-state index in [1.807, 2.05) is 0 Å². The first-order valence-electron chi connectivity index (χ1n) is 3.71. The molecular formula is C8H9ClO3S2. The molecule has 0 heterocycles. The van der Waals surface area contributed by atoms with Crippen molar-refractivity contribution >= 4 is 32.2 Å². The molecule has 0 spiro atoms. The van der Waals surface area contributed by atoms with Crippen molar-refractivity contribution < 1.29 is 12.6 Å². The zero-order valence-corrected chi connectivity index (χ0v) is 9.77. The Balaban J connectivity index is 3.16. The van der Waals surface area contributed by atoms with Gasteiger partial charge in [0.1, 0.15) is 0 Å². The Morgan fingerprint density at radius 1 is 1.29 bits per heavy atom. The number of benzene rings is 1. The highest BCUT2D eigenvalue weighted by atomic mass is 35.5. The summed E-state index contributed by atoms with van der Waals surface area (Å²) in [6.45, 7) is 0. The smallest absolute Gasteiger partial charge is 0.213 e. The fourth-order valence-corrected chi connectivity index (χ4v) is 3.72. The summed E-state index contributed by atoms with van der Waals surface area (Å²) in [5.74, 6) is 0. The summed E-state index contributed by atoms with van der Waals surface area (Å²) in [5.41, 5.74) is 0. The maximum Gasteiger partial charge on any atom is 0.213 e. The Morgan fingerprint density at radius 3 is 2.21 bits per heavy atom. The van der Waals surface area contributed by atoms with Crippen molar-refractivity contribution in [3.05, 3.63) is 30.3 Å². The van der Waals surface area contributed by atoms with Gasteiger partial charge in [-0.15, -0.1) is 0 Å². The topological polar surface area (TPSA) is 51.2 Å². The molecule has 14 heavy (non-hydrogen) atoms. The van der Waals surface area contributed by atoms with E-state index in [1.54, 1.807) is 18.2 Å². The van der Waals surface area contributed by atoms with Crippen molar-refractivity contribution in [2.24, 2.45) is 0 Å². The van der Waals surface area contributed by atoms with Crippen molar-refractivity contribution in [1.82, 2.24) is 0 Å². The number of halogens is 1. The maximum atomic E-state index is 11.6. The second kappa shape index (κ2) is 4.42. The zero-order chi connectivity index (χ0) is 10.8. The molecule has 78 valence electrons. The number of rotatable bonds is 3. The van der Waals surface area contributed by atoms with Gasteiger partial charge in [0.25, 0.3) is 0 Å². The van der Waals surface area contributed by atoms with Crippen LogP contribution in [0.4, 0.5) is 0 Å². The van der Waals surface area contributed by atoms with E-state index in [-0.39, 0.29) is 4.90 Å². The van der Waals surface area contributed by atoms with Crippen molar-refractivity contribution in [2.45, 2.75) is 8.94 Å². The summed E-state index contributed by atoms with van der Waals surface area (Å²) in [7, 11) is -5.28. The molecule has 0 aliphatic rings. The van der Waals surface area contributed by atoms with Crippen LogP contribution in [-0.4, -0.2) is 22.9 Å². The molecule has 0 radical (unpaired) electrons. The predicted molar refractivity (Wildman–Crippen MR) is 57.3 cm³/mol. The average Bonchev–Trinajstić information content (AvgIpc) is 2.18. The van der Waals surface area contributed by atoms with Crippen LogP contribution >= 0.6 is 11.6 Å². The molecule has 0 aliphatic heterocycles. The van der Waals surface area contributed by atoms with E-state index < -0.39 is 24.7 Å². The van der Waals surface area contributed by atoms with Gasteiger partial charge in [0.2, 0.25) is 13.9 Å². The number of hydrogen-bond donors (Lipinski definition) is 0. The van der Waals surface area contributed by atoms with Crippen LogP contribution < -0.4 is 0 Å². The Morgan fingerprint density at radius 2 is 1.79 bits per heavy atom. The maximum absolute atomic E-state index is 11.6. The minimum atomic E-state index is -3.67. The Hall–Kier alpha value is -0.390. The molecule has 0 N–H and O–H groups in total. The SMILES string of the molecule is CS(=O)C(Cl)S(=O)(=O)c1ccccc1. The van der Waals surface area contributed by atoms with E-state index >= 15 is 0 Å². The molecule has 0 aliphatic carbocycles. The van der Waals surface area contributed by atoms with E-state index in [0.29, 0.717) is 0 Å². The number of alkyl halides is 1. The quantitative estimate of drug-likeness (QED) is 0.764. The number of hydrogen-bond acceptors (Lipinski definition) is 3. The van der Waals surface area contributed by atoms with Crippen molar-refractivity contribution in [1.29, 1.82) is 0 Å². The summed E-state index contributed by atoms with van der Waals surface area (Å²) >= 11 is 5.55. The predicted octanol–water partition coefficient (Wildman–Crippen LogP) is 1.36. The molecule has 1 aromatic rings. The molecule has 2 atom stereocenters. The first kappa shape index (κ1) is 11.7. The summed E-state index contributed by atoms with van der Waals surface area (Å²) in [6.07, 6.45) is 1.26. The highest BCUT2D eigenvalue weighted by Gasteiger charge is 2.28. The first-order valence-corrected chi connectivity index (χ1v) is 7.32.